The maximum atomic E-state index is 10.7. The van der Waals surface area contributed by atoms with Gasteiger partial charge in [0.2, 0.25) is 6.79 Å². The van der Waals surface area contributed by atoms with Crippen LogP contribution < -0.4 is 9.47 Å². The van der Waals surface area contributed by atoms with Gasteiger partial charge in [-0.15, -0.1) is 11.8 Å². The highest BCUT2D eigenvalue weighted by Gasteiger charge is 2.18. The first kappa shape index (κ1) is 22.6. The molecule has 0 saturated carbocycles. The number of imidazole rings is 1. The number of halogens is 1. The molecule has 1 aromatic heterocycles. The first-order valence-corrected chi connectivity index (χ1v) is 11.9. The fourth-order valence-corrected chi connectivity index (χ4v) is 4.56. The molecular weight excluding hydrogens is 448 g/mol. The number of aryl methyl sites for hydroxylation is 2. The fourth-order valence-electron chi connectivity index (χ4n) is 3.57. The Kier molecular flexibility index (Phi) is 7.27. The molecule has 0 amide bonds. The zero-order valence-corrected chi connectivity index (χ0v) is 19.4. The zero-order valence-electron chi connectivity index (χ0n) is 17.8. The molecule has 6 nitrogen and oxygen atoms in total. The molecule has 1 aliphatic rings. The highest BCUT2D eigenvalue weighted by molar-refractivity contribution is 7.98. The molecule has 1 aliphatic heterocycles. The van der Waals surface area contributed by atoms with Crippen LogP contribution >= 0.6 is 23.4 Å². The van der Waals surface area contributed by atoms with Gasteiger partial charge in [-0.3, -0.25) is 4.79 Å². The molecular formula is C24H25ClN2O4S. The molecule has 0 aliphatic carbocycles. The van der Waals surface area contributed by atoms with E-state index < -0.39 is 5.97 Å². The molecule has 0 bridgehead atoms. The number of carbonyl (C=O) groups is 1. The average molecular weight is 473 g/mol. The maximum absolute atomic E-state index is 10.7. The Hall–Kier alpha value is -2.64. The van der Waals surface area contributed by atoms with Crippen LogP contribution in [0.25, 0.3) is 0 Å². The summed E-state index contributed by atoms with van der Waals surface area (Å²) in [6.07, 6.45) is 4.70. The first-order chi connectivity index (χ1) is 15.5. The topological polar surface area (TPSA) is 73.6 Å². The largest absolute Gasteiger partial charge is 0.481 e. The zero-order chi connectivity index (χ0) is 22.5. The lowest BCUT2D eigenvalue weighted by Crippen LogP contribution is -2.04. The fraction of sp³-hybridized carbons (Fsp3) is 0.333. The Morgan fingerprint density at radius 3 is 2.66 bits per heavy atom. The second kappa shape index (κ2) is 10.3. The minimum Gasteiger partial charge on any atom is -0.481 e. The number of rotatable bonds is 10. The number of hydrogen-bond acceptors (Lipinski definition) is 5. The van der Waals surface area contributed by atoms with Crippen LogP contribution in [0.2, 0.25) is 5.02 Å². The molecule has 2 aromatic carbocycles. The van der Waals surface area contributed by atoms with Crippen LogP contribution in [0.3, 0.4) is 0 Å². The van der Waals surface area contributed by atoms with E-state index >= 15 is 0 Å². The predicted octanol–water partition coefficient (Wildman–Crippen LogP) is 5.58. The van der Waals surface area contributed by atoms with Crippen LogP contribution in [0.5, 0.6) is 11.5 Å². The number of aromatic nitrogens is 2. The van der Waals surface area contributed by atoms with Crippen LogP contribution in [0, 0.1) is 0 Å². The highest BCUT2D eigenvalue weighted by atomic mass is 35.5. The van der Waals surface area contributed by atoms with Crippen molar-refractivity contribution in [2.45, 2.75) is 49.8 Å². The smallest absolute Gasteiger partial charge is 0.303 e. The van der Waals surface area contributed by atoms with Crippen LogP contribution in [0.4, 0.5) is 0 Å². The summed E-state index contributed by atoms with van der Waals surface area (Å²) in [7, 11) is 0. The monoisotopic (exact) mass is 472 g/mol. The van der Waals surface area contributed by atoms with Crippen molar-refractivity contribution in [2.24, 2.45) is 0 Å². The SMILES string of the molecule is CCCc1nc(CSc2ccc(CCC(=O)O)cc2)cn1Cc1cc2c(cc1Cl)OCO2. The van der Waals surface area contributed by atoms with E-state index in [0.29, 0.717) is 23.7 Å². The molecule has 3 aromatic rings. The van der Waals surface area contributed by atoms with Gasteiger partial charge in [0.1, 0.15) is 5.82 Å². The van der Waals surface area contributed by atoms with Crippen molar-refractivity contribution in [3.05, 3.63) is 70.3 Å². The predicted molar refractivity (Wildman–Crippen MR) is 125 cm³/mol. The van der Waals surface area contributed by atoms with Gasteiger partial charge in [0.25, 0.3) is 0 Å². The number of carboxylic acids is 1. The lowest BCUT2D eigenvalue weighted by Gasteiger charge is -2.10. The van der Waals surface area contributed by atoms with E-state index in [-0.39, 0.29) is 13.2 Å². The number of ether oxygens (including phenoxy) is 2. The average Bonchev–Trinajstić information content (AvgIpc) is 3.38. The summed E-state index contributed by atoms with van der Waals surface area (Å²) in [5.74, 6) is 2.44. The van der Waals surface area contributed by atoms with Gasteiger partial charge in [0.05, 0.1) is 12.2 Å². The second-order valence-electron chi connectivity index (χ2n) is 7.65. The summed E-state index contributed by atoms with van der Waals surface area (Å²) < 4.78 is 13.1. The molecule has 0 radical (unpaired) electrons. The Bertz CT molecular complexity index is 1100. The minimum absolute atomic E-state index is 0.150. The molecule has 32 heavy (non-hydrogen) atoms. The number of aliphatic carboxylic acids is 1. The van der Waals surface area contributed by atoms with E-state index in [1.165, 1.54) is 0 Å². The molecule has 0 atom stereocenters. The Balaban J connectivity index is 1.43. The summed E-state index contributed by atoms with van der Waals surface area (Å²) in [4.78, 5) is 16.7. The van der Waals surface area contributed by atoms with Gasteiger partial charge in [0.15, 0.2) is 11.5 Å². The standard InChI is InChI=1S/C24H25ClN2O4S/c1-2-3-23-26-18(14-32-19-7-4-16(5-8-19)6-9-24(28)29)13-27(23)12-17-10-21-22(11-20(17)25)31-15-30-21/h4-5,7-8,10-11,13H,2-3,6,9,12,14-15H2,1H3,(H,28,29). The van der Waals surface area contributed by atoms with Crippen molar-refractivity contribution >= 4 is 29.3 Å². The van der Waals surface area contributed by atoms with Crippen molar-refractivity contribution in [3.63, 3.8) is 0 Å². The van der Waals surface area contributed by atoms with Gasteiger partial charge in [-0.1, -0.05) is 30.7 Å². The van der Waals surface area contributed by atoms with Crippen molar-refractivity contribution < 1.29 is 19.4 Å². The molecule has 1 N–H and O–H groups in total. The summed E-state index contributed by atoms with van der Waals surface area (Å²) in [6, 6.07) is 11.8. The van der Waals surface area contributed by atoms with E-state index in [1.54, 1.807) is 11.8 Å². The van der Waals surface area contributed by atoms with Crippen molar-refractivity contribution in [2.75, 3.05) is 6.79 Å². The molecule has 168 valence electrons. The van der Waals surface area contributed by atoms with Crippen molar-refractivity contribution in [3.8, 4) is 11.5 Å². The third-order valence-electron chi connectivity index (χ3n) is 5.20. The van der Waals surface area contributed by atoms with Gasteiger partial charge < -0.3 is 19.1 Å². The van der Waals surface area contributed by atoms with Gasteiger partial charge in [-0.25, -0.2) is 4.98 Å². The second-order valence-corrected chi connectivity index (χ2v) is 9.11. The molecule has 4 rings (SSSR count). The van der Waals surface area contributed by atoms with Crippen LogP contribution in [0.15, 0.2) is 47.5 Å². The number of fused-ring (bicyclic) bond motifs is 1. The summed E-state index contributed by atoms with van der Waals surface area (Å²) in [5.41, 5.74) is 3.03. The molecule has 8 heteroatoms. The van der Waals surface area contributed by atoms with Gasteiger partial charge in [-0.05, 0) is 42.2 Å². The van der Waals surface area contributed by atoms with E-state index in [2.05, 4.69) is 17.7 Å². The highest BCUT2D eigenvalue weighted by Crippen LogP contribution is 2.37. The Labute approximate surface area is 196 Å². The lowest BCUT2D eigenvalue weighted by molar-refractivity contribution is -0.136. The van der Waals surface area contributed by atoms with E-state index in [9.17, 15) is 4.79 Å². The van der Waals surface area contributed by atoms with Crippen molar-refractivity contribution in [1.82, 2.24) is 9.55 Å². The number of hydrogen-bond donors (Lipinski definition) is 1. The third-order valence-corrected chi connectivity index (χ3v) is 6.60. The first-order valence-electron chi connectivity index (χ1n) is 10.6. The summed E-state index contributed by atoms with van der Waals surface area (Å²) in [6.45, 7) is 3.00. The summed E-state index contributed by atoms with van der Waals surface area (Å²) >= 11 is 8.20. The number of carboxylic acid groups (broad SMARTS) is 1. The number of benzene rings is 2. The summed E-state index contributed by atoms with van der Waals surface area (Å²) in [5, 5.41) is 9.48. The molecule has 2 heterocycles. The minimum atomic E-state index is -0.774. The Morgan fingerprint density at radius 2 is 1.94 bits per heavy atom. The molecule has 0 fully saturated rings. The normalized spacial score (nSPS) is 12.3. The molecule has 0 saturated heterocycles. The van der Waals surface area contributed by atoms with E-state index in [1.807, 2.05) is 36.4 Å². The quantitative estimate of drug-likeness (QED) is 0.388. The lowest BCUT2D eigenvalue weighted by atomic mass is 10.1. The van der Waals surface area contributed by atoms with Crippen LogP contribution in [0.1, 0.15) is 42.4 Å². The van der Waals surface area contributed by atoms with Crippen molar-refractivity contribution in [1.29, 1.82) is 0 Å². The molecule has 0 spiro atoms. The van der Waals surface area contributed by atoms with Crippen LogP contribution in [-0.4, -0.2) is 27.4 Å². The van der Waals surface area contributed by atoms with Gasteiger partial charge in [0, 0.05) is 40.8 Å². The third kappa shape index (κ3) is 5.58. The van der Waals surface area contributed by atoms with Gasteiger partial charge in [-0.2, -0.15) is 0 Å². The van der Waals surface area contributed by atoms with E-state index in [4.69, 9.17) is 31.2 Å². The maximum Gasteiger partial charge on any atom is 0.303 e. The number of thioether (sulfide) groups is 1. The molecule has 0 unspecified atom stereocenters. The van der Waals surface area contributed by atoms with E-state index in [0.717, 1.165) is 51.9 Å². The Morgan fingerprint density at radius 1 is 1.19 bits per heavy atom. The van der Waals surface area contributed by atoms with Gasteiger partial charge >= 0.3 is 5.97 Å². The number of nitrogens with zero attached hydrogens (tertiary/aromatic N) is 2. The van der Waals surface area contributed by atoms with Crippen LogP contribution in [-0.2, 0) is 29.9 Å².